The number of fused-ring (bicyclic) bond motifs is 1. The Kier molecular flexibility index (Phi) is 5.98. The van der Waals surface area contributed by atoms with Gasteiger partial charge in [-0.1, -0.05) is 32.9 Å². The number of para-hydroxylation sites is 1. The first-order chi connectivity index (χ1) is 13.7. The Balaban J connectivity index is 2.01. The van der Waals surface area contributed by atoms with Gasteiger partial charge in [-0.05, 0) is 41.2 Å². The van der Waals surface area contributed by atoms with E-state index in [1.165, 1.54) is 0 Å². The minimum atomic E-state index is -0.189. The Hall–Kier alpha value is -2.80. The fourth-order valence-electron chi connectivity index (χ4n) is 3.07. The number of nitrogen functional groups attached to an aromatic ring is 1. The predicted octanol–water partition coefficient (Wildman–Crippen LogP) is 4.16. The zero-order valence-corrected chi connectivity index (χ0v) is 17.9. The van der Waals surface area contributed by atoms with Crippen LogP contribution in [-0.2, 0) is 11.8 Å². The first-order valence-electron chi connectivity index (χ1n) is 9.38. The van der Waals surface area contributed by atoms with Gasteiger partial charge < -0.3 is 15.8 Å². The molecule has 1 aromatic heterocycles. The molecule has 0 aliphatic heterocycles. The van der Waals surface area contributed by atoms with Gasteiger partial charge in [-0.15, -0.1) is 0 Å². The number of aromatic hydroxyl groups is 1. The van der Waals surface area contributed by atoms with Gasteiger partial charge >= 0.3 is 0 Å². The number of hydrogen-bond donors (Lipinski definition) is 3. The first-order valence-corrected chi connectivity index (χ1v) is 10.8. The number of phenolic OH excluding ortho intramolecular Hbond substituents is 1. The average molecular weight is 411 g/mol. The molecule has 0 bridgehead atoms. The quantitative estimate of drug-likeness (QED) is 0.433. The highest BCUT2D eigenvalue weighted by atomic mass is 32.2. The molecule has 0 unspecified atom stereocenters. The Morgan fingerprint density at radius 1 is 1.31 bits per heavy atom. The molecule has 0 spiro atoms. The van der Waals surface area contributed by atoms with Gasteiger partial charge in [0, 0.05) is 18.2 Å². The molecule has 3 aromatic rings. The van der Waals surface area contributed by atoms with E-state index in [0.29, 0.717) is 40.1 Å². The number of aromatic nitrogens is 2. The molecule has 0 radical (unpaired) electrons. The summed E-state index contributed by atoms with van der Waals surface area (Å²) in [4.78, 5) is 24.0. The number of H-pyrrole nitrogens is 1. The molecule has 0 saturated carbocycles. The van der Waals surface area contributed by atoms with Crippen LogP contribution in [-0.4, -0.2) is 33.3 Å². The Labute approximate surface area is 174 Å². The van der Waals surface area contributed by atoms with E-state index in [1.807, 2.05) is 45.2 Å². The number of hydrogen-bond acceptors (Lipinski definition) is 6. The molecule has 0 aliphatic carbocycles. The van der Waals surface area contributed by atoms with Crippen molar-refractivity contribution in [3.63, 3.8) is 0 Å². The smallest absolute Gasteiger partial charge is 0.270 e. The van der Waals surface area contributed by atoms with Crippen molar-refractivity contribution in [2.24, 2.45) is 4.99 Å². The van der Waals surface area contributed by atoms with Crippen molar-refractivity contribution in [3.05, 3.63) is 57.5 Å². The molecule has 0 aliphatic rings. The normalized spacial score (nSPS) is 12.1. The standard InChI is InChI=1S/C22H26N4O2S/c1-22(2,3)14-7-5-6-13(20(14)27)12-24-17-11-19-18(10-15(17)23)26-21(28)16(25-19)8-9-29-4/h5-7,10-12,27H,8-9,23H2,1-4H3,(H,26,28). The summed E-state index contributed by atoms with van der Waals surface area (Å²) in [5, 5.41) is 10.6. The number of nitrogens with two attached hydrogens (primary N) is 1. The predicted molar refractivity (Wildman–Crippen MR) is 123 cm³/mol. The maximum atomic E-state index is 12.2. The minimum absolute atomic E-state index is 0.182. The molecule has 1 heterocycles. The Morgan fingerprint density at radius 2 is 2.07 bits per heavy atom. The molecule has 6 nitrogen and oxygen atoms in total. The maximum absolute atomic E-state index is 12.2. The van der Waals surface area contributed by atoms with E-state index < -0.39 is 0 Å². The van der Waals surface area contributed by atoms with E-state index in [2.05, 4.69) is 15.0 Å². The van der Waals surface area contributed by atoms with Crippen LogP contribution < -0.4 is 11.3 Å². The highest BCUT2D eigenvalue weighted by molar-refractivity contribution is 7.98. The average Bonchev–Trinajstić information content (AvgIpc) is 2.65. The second-order valence-corrected chi connectivity index (χ2v) is 8.92. The maximum Gasteiger partial charge on any atom is 0.270 e. The third-order valence-corrected chi connectivity index (χ3v) is 5.28. The van der Waals surface area contributed by atoms with Crippen molar-refractivity contribution in [1.29, 1.82) is 0 Å². The number of aryl methyl sites for hydroxylation is 1. The first kappa shape index (κ1) is 20.9. The molecule has 0 saturated heterocycles. The van der Waals surface area contributed by atoms with Crippen molar-refractivity contribution in [3.8, 4) is 5.75 Å². The van der Waals surface area contributed by atoms with Gasteiger partial charge in [0.05, 0.1) is 22.4 Å². The van der Waals surface area contributed by atoms with E-state index in [9.17, 15) is 9.90 Å². The Morgan fingerprint density at radius 3 is 2.76 bits per heavy atom. The summed E-state index contributed by atoms with van der Waals surface area (Å²) in [7, 11) is 0. The fraction of sp³-hybridized carbons (Fsp3) is 0.318. The number of benzene rings is 2. The molecule has 29 heavy (non-hydrogen) atoms. The molecule has 7 heteroatoms. The molecule has 0 fully saturated rings. The molecule has 152 valence electrons. The molecular formula is C22H26N4O2S. The lowest BCUT2D eigenvalue weighted by molar-refractivity contribution is 0.446. The van der Waals surface area contributed by atoms with Gasteiger partial charge in [-0.2, -0.15) is 11.8 Å². The van der Waals surface area contributed by atoms with Gasteiger partial charge in [-0.25, -0.2) is 4.98 Å². The third kappa shape index (κ3) is 4.62. The van der Waals surface area contributed by atoms with Crippen LogP contribution in [0.3, 0.4) is 0 Å². The second kappa shape index (κ2) is 8.29. The van der Waals surface area contributed by atoms with Crippen LogP contribution >= 0.6 is 11.8 Å². The van der Waals surface area contributed by atoms with Crippen molar-refractivity contribution in [1.82, 2.24) is 9.97 Å². The minimum Gasteiger partial charge on any atom is -0.507 e. The van der Waals surface area contributed by atoms with Crippen LogP contribution in [0.2, 0.25) is 0 Å². The molecule has 0 amide bonds. The number of phenols is 1. The van der Waals surface area contributed by atoms with Crippen LogP contribution in [0.4, 0.5) is 11.4 Å². The molecule has 3 rings (SSSR count). The van der Waals surface area contributed by atoms with Gasteiger partial charge in [-0.3, -0.25) is 9.79 Å². The number of nitrogens with zero attached hydrogens (tertiary/aromatic N) is 2. The number of aliphatic imine (C=N–C) groups is 1. The van der Waals surface area contributed by atoms with Crippen LogP contribution in [0, 0.1) is 0 Å². The fourth-order valence-corrected chi connectivity index (χ4v) is 3.46. The van der Waals surface area contributed by atoms with Crippen LogP contribution in [0.1, 0.15) is 37.6 Å². The summed E-state index contributed by atoms with van der Waals surface area (Å²) < 4.78 is 0. The number of nitrogens with one attached hydrogen (secondary N) is 1. The van der Waals surface area contributed by atoms with E-state index in [0.717, 1.165) is 11.3 Å². The van der Waals surface area contributed by atoms with Crippen LogP contribution in [0.5, 0.6) is 5.75 Å². The summed E-state index contributed by atoms with van der Waals surface area (Å²) >= 11 is 1.67. The zero-order chi connectivity index (χ0) is 21.2. The molecule has 0 atom stereocenters. The van der Waals surface area contributed by atoms with Crippen molar-refractivity contribution < 1.29 is 5.11 Å². The Bertz CT molecular complexity index is 1130. The lowest BCUT2D eigenvalue weighted by Gasteiger charge is -2.21. The molecule has 2 aromatic carbocycles. The van der Waals surface area contributed by atoms with Crippen LogP contribution in [0.25, 0.3) is 11.0 Å². The monoisotopic (exact) mass is 410 g/mol. The van der Waals surface area contributed by atoms with Crippen molar-refractivity contribution in [2.75, 3.05) is 17.7 Å². The van der Waals surface area contributed by atoms with Gasteiger partial charge in [0.25, 0.3) is 5.56 Å². The molecular weight excluding hydrogens is 384 g/mol. The van der Waals surface area contributed by atoms with Gasteiger partial charge in [0.2, 0.25) is 0 Å². The van der Waals surface area contributed by atoms with E-state index >= 15 is 0 Å². The summed E-state index contributed by atoms with van der Waals surface area (Å²) in [6.45, 7) is 6.14. The number of anilines is 1. The van der Waals surface area contributed by atoms with E-state index in [4.69, 9.17) is 5.73 Å². The van der Waals surface area contributed by atoms with Gasteiger partial charge in [0.1, 0.15) is 11.4 Å². The SMILES string of the molecule is CSCCc1nc2cc(N=Cc3cccc(C(C)(C)C)c3O)c(N)cc2[nH]c1=O. The van der Waals surface area contributed by atoms with Crippen molar-refractivity contribution >= 4 is 40.4 Å². The topological polar surface area (TPSA) is 104 Å². The summed E-state index contributed by atoms with van der Waals surface area (Å²) in [6.07, 6.45) is 4.19. The lowest BCUT2D eigenvalue weighted by Crippen LogP contribution is -2.16. The van der Waals surface area contributed by atoms with E-state index in [1.54, 1.807) is 30.1 Å². The highest BCUT2D eigenvalue weighted by Gasteiger charge is 2.19. The van der Waals surface area contributed by atoms with Crippen LogP contribution in [0.15, 0.2) is 40.1 Å². The molecule has 4 N–H and O–H groups in total. The van der Waals surface area contributed by atoms with E-state index in [-0.39, 0.29) is 16.7 Å². The number of aromatic amines is 1. The van der Waals surface area contributed by atoms with Crippen molar-refractivity contribution in [2.45, 2.75) is 32.6 Å². The summed E-state index contributed by atoms with van der Waals surface area (Å²) in [6, 6.07) is 9.04. The summed E-state index contributed by atoms with van der Waals surface area (Å²) in [5.41, 5.74) is 9.90. The summed E-state index contributed by atoms with van der Waals surface area (Å²) in [5.74, 6) is 1.04. The lowest BCUT2D eigenvalue weighted by atomic mass is 9.85. The van der Waals surface area contributed by atoms with Gasteiger partial charge in [0.15, 0.2) is 0 Å². The third-order valence-electron chi connectivity index (χ3n) is 4.67. The highest BCUT2D eigenvalue weighted by Crippen LogP contribution is 2.33. The largest absolute Gasteiger partial charge is 0.507 e. The number of rotatable bonds is 5. The second-order valence-electron chi connectivity index (χ2n) is 7.94. The zero-order valence-electron chi connectivity index (χ0n) is 17.1. The number of thioether (sulfide) groups is 1.